The molecule has 0 fully saturated rings. The van der Waals surface area contributed by atoms with E-state index < -0.39 is 0 Å². The highest BCUT2D eigenvalue weighted by Crippen LogP contribution is 2.38. The minimum atomic E-state index is 0.189. The second-order valence-corrected chi connectivity index (χ2v) is 5.57. The van der Waals surface area contributed by atoms with Crippen LogP contribution in [0, 0.1) is 0 Å². The average Bonchev–Trinajstić information content (AvgIpc) is 2.34. The topological polar surface area (TPSA) is 37.8 Å². The maximum atomic E-state index is 6.10. The van der Waals surface area contributed by atoms with Crippen LogP contribution in [0.1, 0.15) is 0 Å². The van der Waals surface area contributed by atoms with Crippen molar-refractivity contribution in [2.45, 2.75) is 0 Å². The fraction of sp³-hybridized carbons (Fsp3) is 0. The third-order valence-electron chi connectivity index (χ3n) is 2.02. The standard InChI is InChI=1S/C10H4BrCl4N3/c11-4-1-2-5(9(14)8(4)13)16-6-3-7(12)17-18-10(6)15/h1-3H,(H,16,17). The molecular weight excluding hydrogens is 384 g/mol. The second kappa shape index (κ2) is 5.80. The van der Waals surface area contributed by atoms with Crippen molar-refractivity contribution in [3.05, 3.63) is 43.0 Å². The fourth-order valence-electron chi connectivity index (χ4n) is 1.21. The van der Waals surface area contributed by atoms with Gasteiger partial charge in [-0.1, -0.05) is 46.4 Å². The summed E-state index contributed by atoms with van der Waals surface area (Å²) in [5, 5.41) is 11.5. The summed E-state index contributed by atoms with van der Waals surface area (Å²) in [7, 11) is 0. The Bertz CT molecular complexity index is 606. The van der Waals surface area contributed by atoms with E-state index in [1.54, 1.807) is 18.2 Å². The first kappa shape index (κ1) is 14.2. The van der Waals surface area contributed by atoms with Gasteiger partial charge in [0.15, 0.2) is 10.3 Å². The Labute approximate surface area is 132 Å². The van der Waals surface area contributed by atoms with Gasteiger partial charge in [-0.2, -0.15) is 0 Å². The molecule has 3 nitrogen and oxygen atoms in total. The Balaban J connectivity index is 2.40. The highest BCUT2D eigenvalue weighted by Gasteiger charge is 2.11. The summed E-state index contributed by atoms with van der Waals surface area (Å²) in [4.78, 5) is 0. The van der Waals surface area contributed by atoms with Gasteiger partial charge in [0.2, 0.25) is 0 Å². The van der Waals surface area contributed by atoms with E-state index in [-0.39, 0.29) is 10.3 Å². The van der Waals surface area contributed by atoms with Crippen LogP contribution in [-0.4, -0.2) is 10.2 Å². The van der Waals surface area contributed by atoms with Gasteiger partial charge >= 0.3 is 0 Å². The van der Waals surface area contributed by atoms with Crippen LogP contribution in [0.2, 0.25) is 20.4 Å². The lowest BCUT2D eigenvalue weighted by atomic mass is 10.3. The normalized spacial score (nSPS) is 10.5. The van der Waals surface area contributed by atoms with Crippen LogP contribution in [0.25, 0.3) is 0 Å². The number of aromatic nitrogens is 2. The first-order valence-corrected chi connectivity index (χ1v) is 6.89. The monoisotopic (exact) mass is 385 g/mol. The summed E-state index contributed by atoms with van der Waals surface area (Å²) < 4.78 is 0.705. The number of nitrogens with zero attached hydrogens (tertiary/aromatic N) is 2. The van der Waals surface area contributed by atoms with Crippen LogP contribution in [0.15, 0.2) is 22.7 Å². The van der Waals surface area contributed by atoms with Crippen LogP contribution >= 0.6 is 62.3 Å². The van der Waals surface area contributed by atoms with E-state index in [4.69, 9.17) is 46.4 Å². The summed E-state index contributed by atoms with van der Waals surface area (Å²) in [5.74, 6) is 0. The Morgan fingerprint density at radius 2 is 1.67 bits per heavy atom. The molecule has 0 saturated carbocycles. The average molecular weight is 388 g/mol. The molecule has 0 unspecified atom stereocenters. The zero-order valence-electron chi connectivity index (χ0n) is 8.52. The smallest absolute Gasteiger partial charge is 0.175 e. The molecule has 2 rings (SSSR count). The lowest BCUT2D eigenvalue weighted by molar-refractivity contribution is 1.03. The summed E-state index contributed by atoms with van der Waals surface area (Å²) in [5.41, 5.74) is 1.09. The van der Waals surface area contributed by atoms with E-state index in [0.717, 1.165) is 0 Å². The largest absolute Gasteiger partial charge is 0.352 e. The minimum absolute atomic E-state index is 0.189. The maximum absolute atomic E-state index is 6.10. The van der Waals surface area contributed by atoms with E-state index in [1.165, 1.54) is 0 Å². The van der Waals surface area contributed by atoms with Gasteiger partial charge in [-0.25, -0.2) is 0 Å². The maximum Gasteiger partial charge on any atom is 0.175 e. The fourth-order valence-corrected chi connectivity index (χ4v) is 2.32. The van der Waals surface area contributed by atoms with Crippen molar-refractivity contribution in [3.8, 4) is 0 Å². The van der Waals surface area contributed by atoms with Crippen molar-refractivity contribution in [2.75, 3.05) is 5.32 Å². The molecule has 0 aliphatic rings. The quantitative estimate of drug-likeness (QED) is 0.682. The number of nitrogens with one attached hydrogen (secondary N) is 1. The van der Waals surface area contributed by atoms with E-state index >= 15 is 0 Å². The van der Waals surface area contributed by atoms with Gasteiger partial charge in [-0.3, -0.25) is 0 Å². The zero-order valence-corrected chi connectivity index (χ0v) is 13.1. The number of rotatable bonds is 2. The molecular formula is C10H4BrCl4N3. The predicted octanol–water partition coefficient (Wildman–Crippen LogP) is 5.60. The first-order valence-electron chi connectivity index (χ1n) is 4.58. The van der Waals surface area contributed by atoms with Gasteiger partial charge < -0.3 is 5.32 Å². The lowest BCUT2D eigenvalue weighted by Crippen LogP contribution is -1.96. The zero-order chi connectivity index (χ0) is 13.3. The molecule has 94 valence electrons. The number of hydrogen-bond acceptors (Lipinski definition) is 3. The van der Waals surface area contributed by atoms with Crippen LogP contribution in [0.3, 0.4) is 0 Å². The molecule has 8 heteroatoms. The van der Waals surface area contributed by atoms with Crippen LogP contribution < -0.4 is 5.32 Å². The van der Waals surface area contributed by atoms with Crippen LogP contribution in [0.4, 0.5) is 11.4 Å². The Morgan fingerprint density at radius 3 is 2.39 bits per heavy atom. The molecule has 0 atom stereocenters. The SMILES string of the molecule is Clc1cc(Nc2ccc(Br)c(Cl)c2Cl)c(Cl)nn1. The summed E-state index contributed by atoms with van der Waals surface area (Å²) in [6.07, 6.45) is 0. The number of anilines is 2. The Kier molecular flexibility index (Phi) is 4.56. The van der Waals surface area contributed by atoms with Gasteiger partial charge in [0.1, 0.15) is 0 Å². The Hall–Kier alpha value is -0.260. The highest BCUT2D eigenvalue weighted by molar-refractivity contribution is 9.10. The van der Waals surface area contributed by atoms with Gasteiger partial charge in [0.25, 0.3) is 0 Å². The molecule has 0 aliphatic heterocycles. The van der Waals surface area contributed by atoms with Crippen molar-refractivity contribution in [1.82, 2.24) is 10.2 Å². The molecule has 0 radical (unpaired) electrons. The summed E-state index contributed by atoms with van der Waals surface area (Å²) in [6, 6.07) is 5.06. The third kappa shape index (κ3) is 3.00. The molecule has 1 heterocycles. The lowest BCUT2D eigenvalue weighted by Gasteiger charge is -2.11. The number of benzene rings is 1. The van der Waals surface area contributed by atoms with Gasteiger partial charge in [0.05, 0.1) is 21.4 Å². The molecule has 18 heavy (non-hydrogen) atoms. The van der Waals surface area contributed by atoms with Crippen LogP contribution in [0.5, 0.6) is 0 Å². The highest BCUT2D eigenvalue weighted by atomic mass is 79.9. The first-order chi connectivity index (χ1) is 8.49. The third-order valence-corrected chi connectivity index (χ3v) is 4.26. The Morgan fingerprint density at radius 1 is 0.944 bits per heavy atom. The van der Waals surface area contributed by atoms with E-state index in [1.807, 2.05) is 0 Å². The predicted molar refractivity (Wildman–Crippen MR) is 79.5 cm³/mol. The molecule has 0 saturated heterocycles. The van der Waals surface area contributed by atoms with E-state index in [9.17, 15) is 0 Å². The minimum Gasteiger partial charge on any atom is -0.352 e. The molecule has 1 N–H and O–H groups in total. The van der Waals surface area contributed by atoms with Crippen molar-refractivity contribution >= 4 is 73.7 Å². The van der Waals surface area contributed by atoms with Crippen molar-refractivity contribution in [1.29, 1.82) is 0 Å². The summed E-state index contributed by atoms with van der Waals surface area (Å²) >= 11 is 27.0. The van der Waals surface area contributed by atoms with E-state index in [0.29, 0.717) is 25.9 Å². The molecule has 1 aromatic carbocycles. The molecule has 1 aromatic heterocycles. The van der Waals surface area contributed by atoms with E-state index in [2.05, 4.69) is 31.4 Å². The molecule has 0 bridgehead atoms. The summed E-state index contributed by atoms with van der Waals surface area (Å²) in [6.45, 7) is 0. The second-order valence-electron chi connectivity index (χ2n) is 3.22. The molecule has 0 aliphatic carbocycles. The molecule has 0 amide bonds. The molecule has 2 aromatic rings. The van der Waals surface area contributed by atoms with Gasteiger partial charge in [-0.05, 0) is 28.1 Å². The van der Waals surface area contributed by atoms with Crippen molar-refractivity contribution in [2.24, 2.45) is 0 Å². The molecule has 0 spiro atoms. The van der Waals surface area contributed by atoms with Gasteiger partial charge in [-0.15, -0.1) is 10.2 Å². The van der Waals surface area contributed by atoms with Crippen molar-refractivity contribution in [3.63, 3.8) is 0 Å². The number of hydrogen-bond donors (Lipinski definition) is 1. The van der Waals surface area contributed by atoms with Gasteiger partial charge in [0, 0.05) is 10.5 Å². The number of halogens is 5. The van der Waals surface area contributed by atoms with Crippen molar-refractivity contribution < 1.29 is 0 Å². The van der Waals surface area contributed by atoms with Crippen LogP contribution in [-0.2, 0) is 0 Å².